The monoisotopic (exact) mass is 358 g/mol. The summed E-state index contributed by atoms with van der Waals surface area (Å²) >= 11 is 0. The van der Waals surface area contributed by atoms with Gasteiger partial charge in [0.2, 0.25) is 0 Å². The van der Waals surface area contributed by atoms with Gasteiger partial charge in [-0.25, -0.2) is 8.78 Å². The SMILES string of the molecule is CCOC(=O)CC(=O)C(CC(CO)C(O)CC)c1ccc(F)c(F)c1. The number of carbonyl (C=O) groups excluding carboxylic acids is 2. The maximum absolute atomic E-state index is 13.6. The molecule has 0 fully saturated rings. The third-order valence-corrected chi connectivity index (χ3v) is 4.09. The zero-order valence-electron chi connectivity index (χ0n) is 14.4. The predicted molar refractivity (Wildman–Crippen MR) is 86.8 cm³/mol. The molecule has 0 heterocycles. The van der Waals surface area contributed by atoms with Gasteiger partial charge in [0.05, 0.1) is 12.7 Å². The molecule has 0 radical (unpaired) electrons. The number of carbonyl (C=O) groups is 2. The van der Waals surface area contributed by atoms with Gasteiger partial charge in [0.25, 0.3) is 0 Å². The van der Waals surface area contributed by atoms with Crippen LogP contribution in [0.2, 0.25) is 0 Å². The molecule has 0 spiro atoms. The molecule has 0 amide bonds. The molecule has 140 valence electrons. The van der Waals surface area contributed by atoms with Crippen molar-refractivity contribution in [2.45, 2.75) is 45.1 Å². The van der Waals surface area contributed by atoms with E-state index in [4.69, 9.17) is 4.74 Å². The number of Topliss-reactive ketones (excluding diaryl/α,β-unsaturated/α-hetero) is 1. The lowest BCUT2D eigenvalue weighted by Gasteiger charge is -2.25. The van der Waals surface area contributed by atoms with Crippen LogP contribution in [0.5, 0.6) is 0 Å². The second-order valence-electron chi connectivity index (χ2n) is 5.83. The number of rotatable bonds is 10. The molecule has 0 aromatic heterocycles. The Morgan fingerprint density at radius 3 is 2.40 bits per heavy atom. The maximum Gasteiger partial charge on any atom is 0.313 e. The zero-order chi connectivity index (χ0) is 19.0. The van der Waals surface area contributed by atoms with Crippen molar-refractivity contribution in [1.29, 1.82) is 0 Å². The Labute approximate surface area is 145 Å². The minimum absolute atomic E-state index is 0.00875. The molecule has 25 heavy (non-hydrogen) atoms. The van der Waals surface area contributed by atoms with E-state index in [2.05, 4.69) is 0 Å². The molecule has 3 unspecified atom stereocenters. The van der Waals surface area contributed by atoms with Gasteiger partial charge in [-0.15, -0.1) is 0 Å². The number of halogens is 2. The zero-order valence-corrected chi connectivity index (χ0v) is 14.4. The van der Waals surface area contributed by atoms with E-state index in [1.165, 1.54) is 6.07 Å². The Hall–Kier alpha value is -1.86. The summed E-state index contributed by atoms with van der Waals surface area (Å²) in [5, 5.41) is 19.4. The van der Waals surface area contributed by atoms with Crippen molar-refractivity contribution in [3.05, 3.63) is 35.4 Å². The Morgan fingerprint density at radius 2 is 1.88 bits per heavy atom. The third-order valence-electron chi connectivity index (χ3n) is 4.09. The van der Waals surface area contributed by atoms with Crippen molar-refractivity contribution < 1.29 is 33.3 Å². The van der Waals surface area contributed by atoms with Crippen LogP contribution in [0.3, 0.4) is 0 Å². The summed E-state index contributed by atoms with van der Waals surface area (Å²) in [5.41, 5.74) is 0.190. The quantitative estimate of drug-likeness (QED) is 0.495. The highest BCUT2D eigenvalue weighted by atomic mass is 19.2. The number of hydrogen-bond donors (Lipinski definition) is 2. The van der Waals surface area contributed by atoms with Gasteiger partial charge in [0, 0.05) is 18.4 Å². The molecule has 1 rings (SSSR count). The van der Waals surface area contributed by atoms with E-state index >= 15 is 0 Å². The fourth-order valence-corrected chi connectivity index (χ4v) is 2.65. The normalized spacial score (nSPS) is 14.6. The van der Waals surface area contributed by atoms with E-state index in [1.807, 2.05) is 0 Å². The van der Waals surface area contributed by atoms with Crippen LogP contribution >= 0.6 is 0 Å². The van der Waals surface area contributed by atoms with Crippen molar-refractivity contribution in [2.24, 2.45) is 5.92 Å². The van der Waals surface area contributed by atoms with Gasteiger partial charge in [0.15, 0.2) is 17.4 Å². The molecule has 1 aromatic carbocycles. The molecular formula is C18H24F2O5. The molecule has 5 nitrogen and oxygen atoms in total. The highest BCUT2D eigenvalue weighted by Crippen LogP contribution is 2.29. The fourth-order valence-electron chi connectivity index (χ4n) is 2.65. The summed E-state index contributed by atoms with van der Waals surface area (Å²) in [6, 6.07) is 3.06. The summed E-state index contributed by atoms with van der Waals surface area (Å²) in [6.45, 7) is 3.08. The molecule has 0 aliphatic carbocycles. The second-order valence-corrected chi connectivity index (χ2v) is 5.83. The molecule has 2 N–H and O–H groups in total. The van der Waals surface area contributed by atoms with Gasteiger partial charge >= 0.3 is 5.97 Å². The van der Waals surface area contributed by atoms with Crippen LogP contribution in [0, 0.1) is 17.6 Å². The first-order valence-corrected chi connectivity index (χ1v) is 8.26. The number of ether oxygens (including phenoxy) is 1. The van der Waals surface area contributed by atoms with E-state index in [9.17, 15) is 28.6 Å². The van der Waals surface area contributed by atoms with Crippen LogP contribution in [0.4, 0.5) is 8.78 Å². The minimum Gasteiger partial charge on any atom is -0.466 e. The summed E-state index contributed by atoms with van der Waals surface area (Å²) in [6.07, 6.45) is -0.998. The van der Waals surface area contributed by atoms with Crippen molar-refractivity contribution in [3.63, 3.8) is 0 Å². The van der Waals surface area contributed by atoms with Gasteiger partial charge in [0.1, 0.15) is 6.42 Å². The molecule has 0 saturated heterocycles. The fraction of sp³-hybridized carbons (Fsp3) is 0.556. The summed E-state index contributed by atoms with van der Waals surface area (Å²) in [4.78, 5) is 24.1. The third kappa shape index (κ3) is 6.17. The number of aliphatic hydroxyl groups is 2. The van der Waals surface area contributed by atoms with Gasteiger partial charge in [-0.05, 0) is 37.5 Å². The molecular weight excluding hydrogens is 334 g/mol. The Balaban J connectivity index is 3.09. The number of ketones is 1. The molecule has 0 bridgehead atoms. The van der Waals surface area contributed by atoms with Gasteiger partial charge in [-0.2, -0.15) is 0 Å². The van der Waals surface area contributed by atoms with Crippen molar-refractivity contribution in [3.8, 4) is 0 Å². The number of esters is 1. The topological polar surface area (TPSA) is 83.8 Å². The lowest BCUT2D eigenvalue weighted by atomic mass is 9.82. The number of hydrogen-bond acceptors (Lipinski definition) is 5. The van der Waals surface area contributed by atoms with E-state index in [1.54, 1.807) is 13.8 Å². The highest BCUT2D eigenvalue weighted by molar-refractivity contribution is 5.99. The lowest BCUT2D eigenvalue weighted by molar-refractivity contribution is -0.145. The number of aliphatic hydroxyl groups excluding tert-OH is 2. The average molecular weight is 358 g/mol. The maximum atomic E-state index is 13.6. The Bertz CT molecular complexity index is 591. The first-order chi connectivity index (χ1) is 11.8. The first-order valence-electron chi connectivity index (χ1n) is 8.26. The molecule has 0 aliphatic rings. The van der Waals surface area contributed by atoms with E-state index in [0.29, 0.717) is 6.42 Å². The largest absolute Gasteiger partial charge is 0.466 e. The number of benzene rings is 1. The van der Waals surface area contributed by atoms with E-state index < -0.39 is 47.7 Å². The Kier molecular flexibility index (Phi) is 8.65. The molecule has 0 aliphatic heterocycles. The van der Waals surface area contributed by atoms with Crippen LogP contribution in [-0.2, 0) is 14.3 Å². The van der Waals surface area contributed by atoms with Gasteiger partial charge < -0.3 is 14.9 Å². The van der Waals surface area contributed by atoms with Crippen LogP contribution in [0.25, 0.3) is 0 Å². The molecule has 1 aromatic rings. The summed E-state index contributed by atoms with van der Waals surface area (Å²) < 4.78 is 31.5. The van der Waals surface area contributed by atoms with Gasteiger partial charge in [-0.3, -0.25) is 9.59 Å². The highest BCUT2D eigenvalue weighted by Gasteiger charge is 2.29. The predicted octanol–water partition coefficient (Wildman–Crippen LogP) is 2.34. The van der Waals surface area contributed by atoms with Crippen molar-refractivity contribution >= 4 is 11.8 Å². The summed E-state index contributed by atoms with van der Waals surface area (Å²) in [5.74, 6) is -4.99. The average Bonchev–Trinajstić information content (AvgIpc) is 2.58. The molecule has 0 saturated carbocycles. The first kappa shape index (κ1) is 21.2. The standard InChI is InChI=1S/C18H24F2O5/c1-3-16(22)12(10-21)7-13(17(23)9-18(24)25-4-2)11-5-6-14(19)15(20)8-11/h5-6,8,12-13,16,21-22H,3-4,7,9-10H2,1-2H3. The second kappa shape index (κ2) is 10.2. The van der Waals surface area contributed by atoms with E-state index in [-0.39, 0.29) is 25.2 Å². The summed E-state index contributed by atoms with van der Waals surface area (Å²) in [7, 11) is 0. The van der Waals surface area contributed by atoms with Crippen LogP contribution in [0.1, 0.15) is 44.6 Å². The van der Waals surface area contributed by atoms with Crippen LogP contribution in [0.15, 0.2) is 18.2 Å². The van der Waals surface area contributed by atoms with Gasteiger partial charge in [-0.1, -0.05) is 13.0 Å². The molecule has 3 atom stereocenters. The van der Waals surface area contributed by atoms with Crippen molar-refractivity contribution in [1.82, 2.24) is 0 Å². The minimum atomic E-state index is -1.11. The Morgan fingerprint density at radius 1 is 1.20 bits per heavy atom. The smallest absolute Gasteiger partial charge is 0.313 e. The molecule has 7 heteroatoms. The van der Waals surface area contributed by atoms with E-state index in [0.717, 1.165) is 12.1 Å². The van der Waals surface area contributed by atoms with Crippen molar-refractivity contribution in [2.75, 3.05) is 13.2 Å². The van der Waals surface area contributed by atoms with Crippen LogP contribution < -0.4 is 0 Å². The van der Waals surface area contributed by atoms with Crippen LogP contribution in [-0.4, -0.2) is 41.3 Å². The lowest BCUT2D eigenvalue weighted by Crippen LogP contribution is -2.28.